The second kappa shape index (κ2) is 9.95. The zero-order valence-electron chi connectivity index (χ0n) is 21.1. The van der Waals surface area contributed by atoms with E-state index in [1.54, 1.807) is 24.9 Å². The monoisotopic (exact) mass is 524 g/mol. The molecule has 38 heavy (non-hydrogen) atoms. The highest BCUT2D eigenvalue weighted by Crippen LogP contribution is 2.46. The molecule has 7 heteroatoms. The summed E-state index contributed by atoms with van der Waals surface area (Å²) in [5.41, 5.74) is 4.43. The van der Waals surface area contributed by atoms with E-state index in [0.717, 1.165) is 53.3 Å². The van der Waals surface area contributed by atoms with Gasteiger partial charge in [0.05, 0.1) is 29.8 Å². The minimum absolute atomic E-state index is 0.206. The average Bonchev–Trinajstić information content (AvgIpc) is 3.39. The molecular formula is C31H29ClN4O2. The predicted octanol–water partition coefficient (Wildman–Crippen LogP) is 5.99. The van der Waals surface area contributed by atoms with Gasteiger partial charge in [0.15, 0.2) is 5.60 Å². The van der Waals surface area contributed by atoms with Crippen LogP contribution < -0.4 is 0 Å². The number of hydrogen-bond acceptors (Lipinski definition) is 5. The summed E-state index contributed by atoms with van der Waals surface area (Å²) >= 11 is 6.89. The highest BCUT2D eigenvalue weighted by Gasteiger charge is 2.37. The van der Waals surface area contributed by atoms with Gasteiger partial charge in [-0.3, -0.25) is 4.98 Å². The zero-order valence-corrected chi connectivity index (χ0v) is 21.9. The molecule has 192 valence electrons. The summed E-state index contributed by atoms with van der Waals surface area (Å²) in [7, 11) is 1.88. The molecule has 0 bridgehead atoms. The van der Waals surface area contributed by atoms with Crippen molar-refractivity contribution in [1.82, 2.24) is 19.5 Å². The second-order valence-electron chi connectivity index (χ2n) is 10.1. The minimum atomic E-state index is -1.46. The molecule has 1 unspecified atom stereocenters. The smallest absolute Gasteiger partial charge is 0.157 e. The van der Waals surface area contributed by atoms with E-state index in [0.29, 0.717) is 22.0 Å². The van der Waals surface area contributed by atoms with E-state index < -0.39 is 5.60 Å². The van der Waals surface area contributed by atoms with Crippen LogP contribution in [0.25, 0.3) is 22.0 Å². The van der Waals surface area contributed by atoms with Crippen LogP contribution in [0.3, 0.4) is 0 Å². The summed E-state index contributed by atoms with van der Waals surface area (Å²) < 4.78 is 1.84. The molecule has 0 aliphatic heterocycles. The van der Waals surface area contributed by atoms with Gasteiger partial charge in [0, 0.05) is 30.4 Å². The molecule has 2 N–H and O–H groups in total. The van der Waals surface area contributed by atoms with Gasteiger partial charge in [0.2, 0.25) is 0 Å². The topological polar surface area (TPSA) is 84.1 Å². The van der Waals surface area contributed by atoms with Gasteiger partial charge >= 0.3 is 0 Å². The maximum Gasteiger partial charge on any atom is 0.157 e. The Bertz CT molecular complexity index is 1580. The zero-order chi connectivity index (χ0) is 26.3. The lowest BCUT2D eigenvalue weighted by Crippen LogP contribution is -2.31. The lowest BCUT2D eigenvalue weighted by Gasteiger charge is -2.31. The van der Waals surface area contributed by atoms with E-state index in [-0.39, 0.29) is 12.0 Å². The van der Waals surface area contributed by atoms with Crippen LogP contribution in [0, 0.1) is 0 Å². The molecule has 5 aromatic rings. The fraction of sp³-hybridized carbons (Fsp3) is 0.258. The van der Waals surface area contributed by atoms with Crippen LogP contribution in [-0.4, -0.2) is 35.8 Å². The number of rotatable bonds is 5. The van der Waals surface area contributed by atoms with Crippen molar-refractivity contribution in [3.8, 4) is 11.1 Å². The number of aromatic nitrogens is 4. The minimum Gasteiger partial charge on any atom is -0.393 e. The molecule has 1 atom stereocenters. The summed E-state index contributed by atoms with van der Waals surface area (Å²) in [5.74, 6) is 0.206. The average molecular weight is 525 g/mol. The Morgan fingerprint density at radius 3 is 2.34 bits per heavy atom. The normalized spacial score (nSPS) is 19.4. The summed E-state index contributed by atoms with van der Waals surface area (Å²) in [6.45, 7) is 0. The summed E-state index contributed by atoms with van der Waals surface area (Å²) in [6.07, 6.45) is 9.70. The Kier molecular flexibility index (Phi) is 6.48. The van der Waals surface area contributed by atoms with Crippen LogP contribution in [0.5, 0.6) is 0 Å². The van der Waals surface area contributed by atoms with E-state index in [9.17, 15) is 10.2 Å². The van der Waals surface area contributed by atoms with Crippen LogP contribution in [0.15, 0.2) is 85.6 Å². The number of imidazole rings is 1. The Hall–Kier alpha value is -3.58. The molecular weight excluding hydrogens is 496 g/mol. The number of fused-ring (bicyclic) bond motifs is 1. The molecule has 0 saturated heterocycles. The number of nitrogens with zero attached hydrogens (tertiary/aromatic N) is 4. The fourth-order valence-electron chi connectivity index (χ4n) is 5.91. The molecule has 6 nitrogen and oxygen atoms in total. The maximum atomic E-state index is 12.5. The van der Waals surface area contributed by atoms with Gasteiger partial charge in [-0.05, 0) is 78.1 Å². The largest absolute Gasteiger partial charge is 0.393 e. The molecule has 0 spiro atoms. The second-order valence-corrected chi connectivity index (χ2v) is 10.5. The molecule has 1 fully saturated rings. The van der Waals surface area contributed by atoms with Crippen molar-refractivity contribution in [3.05, 3.63) is 113 Å². The van der Waals surface area contributed by atoms with E-state index >= 15 is 0 Å². The number of hydrogen-bond donors (Lipinski definition) is 2. The summed E-state index contributed by atoms with van der Waals surface area (Å²) in [6, 6.07) is 19.7. The SMILES string of the molecule is Cn1cncc1C(O)(c1ccncc1)c1ccc2nc(Cl)c(-c3ccccc3)c(C3CCC(O)CC3)c2c1. The lowest BCUT2D eigenvalue weighted by atomic mass is 9.77. The molecule has 3 aromatic heterocycles. The third-order valence-corrected chi connectivity index (χ3v) is 8.13. The molecule has 0 amide bonds. The summed E-state index contributed by atoms with van der Waals surface area (Å²) in [4.78, 5) is 13.3. The van der Waals surface area contributed by atoms with Gasteiger partial charge in [-0.25, -0.2) is 9.97 Å². The van der Waals surface area contributed by atoms with Gasteiger partial charge in [0.25, 0.3) is 0 Å². The van der Waals surface area contributed by atoms with Gasteiger partial charge < -0.3 is 14.8 Å². The number of aliphatic hydroxyl groups is 2. The first-order chi connectivity index (χ1) is 18.5. The quantitative estimate of drug-likeness (QED) is 0.276. The number of aryl methyl sites for hydroxylation is 1. The number of pyridine rings is 2. The van der Waals surface area contributed by atoms with E-state index in [1.807, 2.05) is 54.1 Å². The van der Waals surface area contributed by atoms with Gasteiger partial charge in [-0.1, -0.05) is 48.0 Å². The standard InChI is InChI=1S/C31H29ClN4O2/c1-36-19-34-18-27(36)31(38,22-13-15-33-16-14-22)23-9-12-26-25(17-23)28(21-7-10-24(37)11-8-21)29(30(32)35-26)20-5-3-2-4-6-20/h2-6,9,12-19,21,24,37-38H,7-8,10-11H2,1H3. The first-order valence-electron chi connectivity index (χ1n) is 12.9. The van der Waals surface area contributed by atoms with Crippen molar-refractivity contribution in [2.45, 2.75) is 43.3 Å². The number of halogens is 1. The lowest BCUT2D eigenvalue weighted by molar-refractivity contribution is 0.117. The molecule has 1 aliphatic rings. The van der Waals surface area contributed by atoms with Crippen LogP contribution >= 0.6 is 11.6 Å². The van der Waals surface area contributed by atoms with Crippen molar-refractivity contribution >= 4 is 22.5 Å². The van der Waals surface area contributed by atoms with Crippen LogP contribution in [0.1, 0.15) is 54.0 Å². The Morgan fingerprint density at radius 1 is 0.921 bits per heavy atom. The Balaban J connectivity index is 1.64. The molecule has 6 rings (SSSR count). The maximum absolute atomic E-state index is 12.5. The van der Waals surface area contributed by atoms with Gasteiger partial charge in [0.1, 0.15) is 5.15 Å². The number of benzene rings is 2. The van der Waals surface area contributed by atoms with Crippen LogP contribution in [0.2, 0.25) is 5.15 Å². The van der Waals surface area contributed by atoms with Crippen molar-refractivity contribution in [1.29, 1.82) is 0 Å². The molecule has 0 radical (unpaired) electrons. The fourth-order valence-corrected chi connectivity index (χ4v) is 6.21. The molecule has 1 aliphatic carbocycles. The van der Waals surface area contributed by atoms with E-state index in [4.69, 9.17) is 16.6 Å². The summed E-state index contributed by atoms with van der Waals surface area (Å²) in [5, 5.41) is 24.1. The molecule has 2 aromatic carbocycles. The predicted molar refractivity (Wildman–Crippen MR) is 149 cm³/mol. The van der Waals surface area contributed by atoms with E-state index in [2.05, 4.69) is 28.2 Å². The number of aliphatic hydroxyl groups excluding tert-OH is 1. The van der Waals surface area contributed by atoms with Crippen LogP contribution in [-0.2, 0) is 12.6 Å². The van der Waals surface area contributed by atoms with Crippen molar-refractivity contribution < 1.29 is 10.2 Å². The van der Waals surface area contributed by atoms with Crippen LogP contribution in [0.4, 0.5) is 0 Å². The van der Waals surface area contributed by atoms with E-state index in [1.165, 1.54) is 0 Å². The van der Waals surface area contributed by atoms with Gasteiger partial charge in [-0.2, -0.15) is 0 Å². The highest BCUT2D eigenvalue weighted by molar-refractivity contribution is 6.33. The Labute approximate surface area is 226 Å². The molecule has 3 heterocycles. The highest BCUT2D eigenvalue weighted by atomic mass is 35.5. The van der Waals surface area contributed by atoms with Crippen molar-refractivity contribution in [2.75, 3.05) is 0 Å². The Morgan fingerprint density at radius 2 is 1.66 bits per heavy atom. The van der Waals surface area contributed by atoms with Crippen molar-refractivity contribution in [3.63, 3.8) is 0 Å². The first kappa shape index (κ1) is 24.7. The van der Waals surface area contributed by atoms with Crippen molar-refractivity contribution in [2.24, 2.45) is 7.05 Å². The third kappa shape index (κ3) is 4.19. The third-order valence-electron chi connectivity index (χ3n) is 7.85. The first-order valence-corrected chi connectivity index (χ1v) is 13.3. The van der Waals surface area contributed by atoms with Gasteiger partial charge in [-0.15, -0.1) is 0 Å². The molecule has 1 saturated carbocycles.